The third kappa shape index (κ3) is 2.53. The van der Waals surface area contributed by atoms with Gasteiger partial charge in [-0.15, -0.1) is 23.5 Å². The first-order valence-corrected chi connectivity index (χ1v) is 6.63. The predicted molar refractivity (Wildman–Crippen MR) is 63.4 cm³/mol. The van der Waals surface area contributed by atoms with Gasteiger partial charge < -0.3 is 5.73 Å². The van der Waals surface area contributed by atoms with Crippen molar-refractivity contribution in [3.05, 3.63) is 23.8 Å². The topological polar surface area (TPSA) is 43.1 Å². The van der Waals surface area contributed by atoms with Crippen LogP contribution in [0.3, 0.4) is 0 Å². The molecule has 1 aromatic carbocycles. The van der Waals surface area contributed by atoms with E-state index >= 15 is 0 Å². The molecule has 0 spiro atoms. The Bertz CT molecular complexity index is 339. The second-order valence-electron chi connectivity index (χ2n) is 2.70. The van der Waals surface area contributed by atoms with Gasteiger partial charge in [-0.25, -0.2) is 0 Å². The van der Waals surface area contributed by atoms with Crippen molar-refractivity contribution in [1.29, 1.82) is 0 Å². The summed E-state index contributed by atoms with van der Waals surface area (Å²) in [4.78, 5) is 13.7. The highest BCUT2D eigenvalue weighted by Gasteiger charge is 2.07. The highest BCUT2D eigenvalue weighted by molar-refractivity contribution is 8.01. The summed E-state index contributed by atoms with van der Waals surface area (Å²) in [6.45, 7) is 0.0758. The Morgan fingerprint density at radius 1 is 1.29 bits per heavy atom. The van der Waals surface area contributed by atoms with E-state index in [9.17, 15) is 4.79 Å². The van der Waals surface area contributed by atoms with Crippen molar-refractivity contribution in [2.45, 2.75) is 9.79 Å². The lowest BCUT2D eigenvalue weighted by atomic mass is 10.1. The number of ketones is 1. The molecule has 0 fully saturated rings. The van der Waals surface area contributed by atoms with Gasteiger partial charge in [0, 0.05) is 15.4 Å². The zero-order valence-corrected chi connectivity index (χ0v) is 9.87. The van der Waals surface area contributed by atoms with E-state index in [0.29, 0.717) is 5.56 Å². The summed E-state index contributed by atoms with van der Waals surface area (Å²) >= 11 is 3.33. The molecule has 0 amide bonds. The van der Waals surface area contributed by atoms with Crippen LogP contribution in [0.2, 0.25) is 0 Å². The van der Waals surface area contributed by atoms with Crippen LogP contribution in [-0.2, 0) is 0 Å². The average molecular weight is 227 g/mol. The smallest absolute Gasteiger partial charge is 0.176 e. The minimum absolute atomic E-state index is 0.00652. The van der Waals surface area contributed by atoms with Gasteiger partial charge in [0.15, 0.2) is 5.78 Å². The lowest BCUT2D eigenvalue weighted by Gasteiger charge is -2.06. The van der Waals surface area contributed by atoms with Crippen molar-refractivity contribution < 1.29 is 4.79 Å². The Balaban J connectivity index is 3.07. The standard InChI is InChI=1S/C10H13NOS2/c1-13-9-4-3-7(8(12)6-11)5-10(9)14-2/h3-5H,6,11H2,1-2H3. The number of nitrogens with two attached hydrogens (primary N) is 1. The molecule has 0 bridgehead atoms. The minimum atomic E-state index is -0.00652. The molecule has 1 rings (SSSR count). The van der Waals surface area contributed by atoms with Crippen LogP contribution in [0.15, 0.2) is 28.0 Å². The molecule has 0 aliphatic rings. The maximum absolute atomic E-state index is 11.3. The minimum Gasteiger partial charge on any atom is -0.324 e. The van der Waals surface area contributed by atoms with Crippen LogP contribution in [0.4, 0.5) is 0 Å². The van der Waals surface area contributed by atoms with Gasteiger partial charge >= 0.3 is 0 Å². The molecule has 2 N–H and O–H groups in total. The summed E-state index contributed by atoms with van der Waals surface area (Å²) in [5.74, 6) is -0.00652. The quantitative estimate of drug-likeness (QED) is 0.633. The Morgan fingerprint density at radius 3 is 2.43 bits per heavy atom. The maximum atomic E-state index is 11.3. The van der Waals surface area contributed by atoms with Crippen molar-refractivity contribution in [2.24, 2.45) is 5.73 Å². The average Bonchev–Trinajstić information content (AvgIpc) is 2.26. The van der Waals surface area contributed by atoms with Crippen molar-refractivity contribution in [3.63, 3.8) is 0 Å². The number of rotatable bonds is 4. The number of hydrogen-bond donors (Lipinski definition) is 1. The Kier molecular flexibility index (Phi) is 4.51. The molecule has 0 aliphatic carbocycles. The van der Waals surface area contributed by atoms with Gasteiger partial charge in [0.05, 0.1) is 6.54 Å². The van der Waals surface area contributed by atoms with Gasteiger partial charge in [0.25, 0.3) is 0 Å². The van der Waals surface area contributed by atoms with Crippen LogP contribution in [0, 0.1) is 0 Å². The number of hydrogen-bond acceptors (Lipinski definition) is 4. The molecular formula is C10H13NOS2. The van der Waals surface area contributed by atoms with Crippen LogP contribution in [0.1, 0.15) is 10.4 Å². The SMILES string of the molecule is CSc1ccc(C(=O)CN)cc1SC. The number of benzene rings is 1. The first-order valence-electron chi connectivity index (χ1n) is 4.18. The number of carbonyl (C=O) groups is 1. The van der Waals surface area contributed by atoms with Crippen molar-refractivity contribution in [2.75, 3.05) is 19.1 Å². The summed E-state index contributed by atoms with van der Waals surface area (Å²) in [6, 6.07) is 5.71. The monoisotopic (exact) mass is 227 g/mol. The van der Waals surface area contributed by atoms with E-state index in [4.69, 9.17) is 5.73 Å². The van der Waals surface area contributed by atoms with Gasteiger partial charge in [0.1, 0.15) is 0 Å². The predicted octanol–water partition coefficient (Wildman–Crippen LogP) is 2.27. The Hall–Kier alpha value is -0.450. The fourth-order valence-corrected chi connectivity index (χ4v) is 2.61. The van der Waals surface area contributed by atoms with Gasteiger partial charge in [-0.05, 0) is 24.6 Å². The molecule has 0 atom stereocenters. The molecule has 4 heteroatoms. The second-order valence-corrected chi connectivity index (χ2v) is 4.39. The van der Waals surface area contributed by atoms with E-state index in [1.807, 2.05) is 30.7 Å². The third-order valence-corrected chi connectivity index (χ3v) is 3.59. The Morgan fingerprint density at radius 2 is 1.93 bits per heavy atom. The molecule has 0 radical (unpaired) electrons. The molecule has 0 saturated heterocycles. The number of carbonyl (C=O) groups excluding carboxylic acids is 1. The van der Waals surface area contributed by atoms with Crippen molar-refractivity contribution in [3.8, 4) is 0 Å². The van der Waals surface area contributed by atoms with E-state index in [0.717, 1.165) is 4.90 Å². The van der Waals surface area contributed by atoms with Crippen LogP contribution in [-0.4, -0.2) is 24.8 Å². The lowest BCUT2D eigenvalue weighted by molar-refractivity contribution is 0.100. The van der Waals surface area contributed by atoms with E-state index in [1.54, 1.807) is 23.5 Å². The molecule has 1 aromatic rings. The first-order chi connectivity index (χ1) is 6.72. The first kappa shape index (κ1) is 11.6. The molecule has 0 saturated carbocycles. The van der Waals surface area contributed by atoms with Crippen molar-refractivity contribution >= 4 is 29.3 Å². The normalized spacial score (nSPS) is 10.2. The van der Waals surface area contributed by atoms with Crippen LogP contribution < -0.4 is 5.73 Å². The van der Waals surface area contributed by atoms with E-state index in [1.165, 1.54) is 4.90 Å². The molecule has 0 unspecified atom stereocenters. The Labute approximate surface area is 92.6 Å². The zero-order valence-electron chi connectivity index (χ0n) is 8.24. The zero-order chi connectivity index (χ0) is 10.6. The lowest BCUT2D eigenvalue weighted by Crippen LogP contribution is -2.13. The fourth-order valence-electron chi connectivity index (χ4n) is 1.13. The summed E-state index contributed by atoms with van der Waals surface area (Å²) < 4.78 is 0. The number of thioether (sulfide) groups is 2. The summed E-state index contributed by atoms with van der Waals surface area (Å²) in [5.41, 5.74) is 6.01. The van der Waals surface area contributed by atoms with Crippen LogP contribution >= 0.6 is 23.5 Å². The van der Waals surface area contributed by atoms with Gasteiger partial charge in [-0.1, -0.05) is 6.07 Å². The highest BCUT2D eigenvalue weighted by atomic mass is 32.2. The summed E-state index contributed by atoms with van der Waals surface area (Å²) in [7, 11) is 0. The molecule has 76 valence electrons. The molecule has 0 heterocycles. The molecule has 14 heavy (non-hydrogen) atoms. The maximum Gasteiger partial charge on any atom is 0.176 e. The second kappa shape index (κ2) is 5.44. The van der Waals surface area contributed by atoms with Gasteiger partial charge in [-0.3, -0.25) is 4.79 Å². The number of Topliss-reactive ketones (excluding diaryl/α,β-unsaturated/α-hetero) is 1. The van der Waals surface area contributed by atoms with Gasteiger partial charge in [0.2, 0.25) is 0 Å². The van der Waals surface area contributed by atoms with E-state index in [-0.39, 0.29) is 12.3 Å². The largest absolute Gasteiger partial charge is 0.324 e. The van der Waals surface area contributed by atoms with E-state index in [2.05, 4.69) is 0 Å². The van der Waals surface area contributed by atoms with Crippen LogP contribution in [0.5, 0.6) is 0 Å². The molecule has 2 nitrogen and oxygen atoms in total. The molecule has 0 aliphatic heterocycles. The van der Waals surface area contributed by atoms with Crippen LogP contribution in [0.25, 0.3) is 0 Å². The molecule has 0 aromatic heterocycles. The highest BCUT2D eigenvalue weighted by Crippen LogP contribution is 2.28. The fraction of sp³-hybridized carbons (Fsp3) is 0.300. The van der Waals surface area contributed by atoms with Crippen molar-refractivity contribution in [1.82, 2.24) is 0 Å². The van der Waals surface area contributed by atoms with Gasteiger partial charge in [-0.2, -0.15) is 0 Å². The third-order valence-electron chi connectivity index (χ3n) is 1.89. The van der Waals surface area contributed by atoms with E-state index < -0.39 is 0 Å². The summed E-state index contributed by atoms with van der Waals surface area (Å²) in [5, 5.41) is 0. The summed E-state index contributed by atoms with van der Waals surface area (Å²) in [6.07, 6.45) is 4.03. The molecular weight excluding hydrogens is 214 g/mol.